The van der Waals surface area contributed by atoms with Crippen LogP contribution in [0.4, 0.5) is 8.78 Å². The van der Waals surface area contributed by atoms with Crippen molar-refractivity contribution in [3.05, 3.63) is 58.9 Å². The summed E-state index contributed by atoms with van der Waals surface area (Å²) in [6.45, 7) is 2.10. The van der Waals surface area contributed by atoms with Crippen LogP contribution in [0.3, 0.4) is 0 Å². The summed E-state index contributed by atoms with van der Waals surface area (Å²) in [7, 11) is -3.82. The number of halogens is 3. The molecule has 1 saturated heterocycles. The highest BCUT2D eigenvalue weighted by atomic mass is 35.5. The van der Waals surface area contributed by atoms with Crippen molar-refractivity contribution in [3.63, 3.8) is 0 Å². The van der Waals surface area contributed by atoms with Gasteiger partial charge in [0, 0.05) is 10.6 Å². The van der Waals surface area contributed by atoms with Crippen molar-refractivity contribution < 1.29 is 27.1 Å². The Bertz CT molecular complexity index is 1120. The van der Waals surface area contributed by atoms with Gasteiger partial charge in [0.15, 0.2) is 0 Å². The molecule has 2 N–H and O–H groups in total. The Morgan fingerprint density at radius 1 is 1.28 bits per heavy atom. The smallest absolute Gasteiger partial charge is 0.254 e. The summed E-state index contributed by atoms with van der Waals surface area (Å²) in [5.41, 5.74) is -0.816. The van der Waals surface area contributed by atoms with Gasteiger partial charge in [0.1, 0.15) is 17.6 Å². The van der Waals surface area contributed by atoms with Gasteiger partial charge in [-0.1, -0.05) is 41.9 Å². The van der Waals surface area contributed by atoms with Gasteiger partial charge in [-0.05, 0) is 43.5 Å². The molecule has 0 aromatic heterocycles. The van der Waals surface area contributed by atoms with Crippen molar-refractivity contribution in [2.75, 3.05) is 12.8 Å². The lowest BCUT2D eigenvalue weighted by atomic mass is 9.95. The van der Waals surface area contributed by atoms with Crippen molar-refractivity contribution >= 4 is 27.5 Å². The number of sulfonamides is 1. The molecule has 0 spiro atoms. The van der Waals surface area contributed by atoms with E-state index in [2.05, 4.69) is 4.72 Å². The molecular weight excluding hydrogens is 462 g/mol. The number of hydrogen-bond acceptors (Lipinski definition) is 4. The van der Waals surface area contributed by atoms with Gasteiger partial charge < -0.3 is 10.0 Å². The molecule has 2 aromatic rings. The van der Waals surface area contributed by atoms with Crippen molar-refractivity contribution in [1.82, 2.24) is 9.62 Å². The predicted octanol–water partition coefficient (Wildman–Crippen LogP) is 2.93. The minimum absolute atomic E-state index is 0.157. The van der Waals surface area contributed by atoms with Gasteiger partial charge in [0.05, 0.1) is 24.9 Å². The third kappa shape index (κ3) is 5.46. The van der Waals surface area contributed by atoms with Gasteiger partial charge in [0.25, 0.3) is 5.91 Å². The highest BCUT2D eigenvalue weighted by Gasteiger charge is 2.48. The third-order valence-electron chi connectivity index (χ3n) is 5.35. The fraction of sp³-hybridized carbons (Fsp3) is 0.409. The van der Waals surface area contributed by atoms with E-state index in [9.17, 15) is 22.7 Å². The highest BCUT2D eigenvalue weighted by molar-refractivity contribution is 7.88. The van der Waals surface area contributed by atoms with E-state index >= 15 is 4.39 Å². The average Bonchev–Trinajstić information content (AvgIpc) is 2.96. The Morgan fingerprint density at radius 2 is 1.94 bits per heavy atom. The van der Waals surface area contributed by atoms with Crippen LogP contribution < -0.4 is 4.72 Å². The number of nitrogens with zero attached hydrogens (tertiary/aromatic N) is 1. The largest absolute Gasteiger partial charge is 0.381 e. The molecule has 0 aliphatic carbocycles. The number of aliphatic hydroxyl groups is 1. The van der Waals surface area contributed by atoms with Crippen molar-refractivity contribution in [2.45, 2.75) is 44.1 Å². The molecule has 1 heterocycles. The maximum absolute atomic E-state index is 15.4. The van der Waals surface area contributed by atoms with Gasteiger partial charge in [-0.25, -0.2) is 21.9 Å². The topological polar surface area (TPSA) is 86.7 Å². The van der Waals surface area contributed by atoms with Crippen molar-refractivity contribution in [3.8, 4) is 11.1 Å². The number of benzene rings is 2. The van der Waals surface area contributed by atoms with Crippen LogP contribution in [0.25, 0.3) is 11.1 Å². The second-order valence-electron chi connectivity index (χ2n) is 8.51. The summed E-state index contributed by atoms with van der Waals surface area (Å²) in [5.74, 6) is -1.35. The maximum Gasteiger partial charge on any atom is 0.254 e. The summed E-state index contributed by atoms with van der Waals surface area (Å²) in [6.07, 6.45) is -0.993. The normalized spacial score (nSPS) is 21.7. The molecule has 0 radical (unpaired) electrons. The minimum atomic E-state index is -3.82. The second-order valence-corrected chi connectivity index (χ2v) is 10.7. The SMILES string of the molecule is CC(C)(O)C(=O)N1C[C@H](F)[C@H](NS(C)(=O)=O)[C@@H]1Cc1cccc(-c2cccc(Cl)c2)c1F. The first-order valence-electron chi connectivity index (χ1n) is 9.96. The van der Waals surface area contributed by atoms with Crippen LogP contribution in [0.2, 0.25) is 5.02 Å². The molecule has 6 nitrogen and oxygen atoms in total. The van der Waals surface area contributed by atoms with Crippen LogP contribution in [-0.2, 0) is 21.2 Å². The van der Waals surface area contributed by atoms with E-state index in [1.165, 1.54) is 19.9 Å². The molecule has 3 atom stereocenters. The Balaban J connectivity index is 2.02. The Labute approximate surface area is 191 Å². The van der Waals surface area contributed by atoms with Gasteiger partial charge >= 0.3 is 0 Å². The second kappa shape index (κ2) is 9.05. The first-order chi connectivity index (χ1) is 14.8. The number of amides is 1. The lowest BCUT2D eigenvalue weighted by Gasteiger charge is -2.32. The van der Waals surface area contributed by atoms with Crippen molar-refractivity contribution in [1.29, 1.82) is 0 Å². The van der Waals surface area contributed by atoms with E-state index in [1.807, 2.05) is 0 Å². The lowest BCUT2D eigenvalue weighted by molar-refractivity contribution is -0.149. The van der Waals surface area contributed by atoms with Gasteiger partial charge in [-0.3, -0.25) is 4.79 Å². The Kier molecular flexibility index (Phi) is 6.95. The van der Waals surface area contributed by atoms with Crippen LogP contribution in [0.1, 0.15) is 19.4 Å². The third-order valence-corrected chi connectivity index (χ3v) is 6.29. The number of alkyl halides is 1. The minimum Gasteiger partial charge on any atom is -0.381 e. The number of carbonyl (C=O) groups excluding carboxylic acids is 1. The van der Waals surface area contributed by atoms with Gasteiger partial charge in [-0.15, -0.1) is 0 Å². The molecular formula is C22H25ClF2N2O4S. The summed E-state index contributed by atoms with van der Waals surface area (Å²) < 4.78 is 56.2. The molecule has 0 unspecified atom stereocenters. The molecule has 0 bridgehead atoms. The lowest BCUT2D eigenvalue weighted by Crippen LogP contribution is -2.53. The summed E-state index contributed by atoms with van der Waals surface area (Å²) in [6, 6.07) is 9.01. The Morgan fingerprint density at radius 3 is 2.53 bits per heavy atom. The monoisotopic (exact) mass is 486 g/mol. The first-order valence-corrected chi connectivity index (χ1v) is 12.2. The number of likely N-dealkylation sites (tertiary alicyclic amines) is 1. The zero-order valence-corrected chi connectivity index (χ0v) is 19.4. The molecule has 1 fully saturated rings. The van der Waals surface area contributed by atoms with Gasteiger partial charge in [-0.2, -0.15) is 0 Å². The zero-order valence-electron chi connectivity index (χ0n) is 17.8. The molecule has 2 aromatic carbocycles. The molecule has 32 heavy (non-hydrogen) atoms. The number of carbonyl (C=O) groups is 1. The molecule has 1 aliphatic rings. The van der Waals surface area contributed by atoms with E-state index in [0.717, 1.165) is 11.2 Å². The fourth-order valence-electron chi connectivity index (χ4n) is 3.94. The molecule has 1 aliphatic heterocycles. The summed E-state index contributed by atoms with van der Waals surface area (Å²) in [5, 5.41) is 10.6. The summed E-state index contributed by atoms with van der Waals surface area (Å²) >= 11 is 6.02. The Hall–Kier alpha value is -2.07. The standard InChI is InChI=1S/C22H25ClF2N2O4S/c1-22(2,29)21(28)27-12-17(24)20(26-32(3,30)31)18(27)11-14-7-5-9-16(19(14)25)13-6-4-8-15(23)10-13/h4-10,17-18,20,26,29H,11-12H2,1-3H3/t17-,18-,20-/m0/s1. The predicted molar refractivity (Wildman–Crippen MR) is 119 cm³/mol. The van der Waals surface area contributed by atoms with Crippen LogP contribution in [-0.4, -0.2) is 61.0 Å². The number of hydrogen-bond donors (Lipinski definition) is 2. The maximum atomic E-state index is 15.4. The van der Waals surface area contributed by atoms with Crippen LogP contribution in [0.15, 0.2) is 42.5 Å². The van der Waals surface area contributed by atoms with Crippen LogP contribution in [0, 0.1) is 5.82 Å². The highest BCUT2D eigenvalue weighted by Crippen LogP contribution is 2.31. The number of rotatable bonds is 6. The van der Waals surface area contributed by atoms with E-state index in [-0.39, 0.29) is 17.5 Å². The van der Waals surface area contributed by atoms with E-state index < -0.39 is 52.1 Å². The quantitative estimate of drug-likeness (QED) is 0.657. The summed E-state index contributed by atoms with van der Waals surface area (Å²) in [4.78, 5) is 13.8. The molecule has 3 rings (SSSR count). The van der Waals surface area contributed by atoms with Crippen LogP contribution in [0.5, 0.6) is 0 Å². The van der Waals surface area contributed by atoms with E-state index in [1.54, 1.807) is 36.4 Å². The van der Waals surface area contributed by atoms with Crippen molar-refractivity contribution in [2.24, 2.45) is 0 Å². The molecule has 0 saturated carbocycles. The first kappa shape index (κ1) is 24.6. The van der Waals surface area contributed by atoms with Gasteiger partial charge in [0.2, 0.25) is 10.0 Å². The molecule has 174 valence electrons. The molecule has 1 amide bonds. The average molecular weight is 487 g/mol. The molecule has 10 heteroatoms. The van der Waals surface area contributed by atoms with E-state index in [4.69, 9.17) is 11.6 Å². The zero-order chi connectivity index (χ0) is 23.8. The number of nitrogens with one attached hydrogen (secondary N) is 1. The van der Waals surface area contributed by atoms with Crippen LogP contribution >= 0.6 is 11.6 Å². The fourth-order valence-corrected chi connectivity index (χ4v) is 4.92. The van der Waals surface area contributed by atoms with E-state index in [0.29, 0.717) is 10.6 Å².